The van der Waals surface area contributed by atoms with Gasteiger partial charge in [0, 0.05) is 30.0 Å². The molecule has 0 aliphatic rings. The molecule has 0 fully saturated rings. The lowest BCUT2D eigenvalue weighted by atomic mass is 10.0. The summed E-state index contributed by atoms with van der Waals surface area (Å²) in [6.45, 7) is 0. The van der Waals surface area contributed by atoms with Gasteiger partial charge in [-0.2, -0.15) is 5.26 Å². The number of pyridine rings is 2. The monoisotopic (exact) mass is 270 g/mol. The van der Waals surface area contributed by atoms with Gasteiger partial charge in [-0.1, -0.05) is 0 Å². The zero-order valence-electron chi connectivity index (χ0n) is 11.0. The summed E-state index contributed by atoms with van der Waals surface area (Å²) in [4.78, 5) is 18.7. The Bertz CT molecular complexity index is 651. The van der Waals surface area contributed by atoms with Gasteiger partial charge in [0.15, 0.2) is 0 Å². The third-order valence-electron chi connectivity index (χ3n) is 3.04. The molecule has 2 heterocycles. The van der Waals surface area contributed by atoms with E-state index >= 15 is 0 Å². The van der Waals surface area contributed by atoms with E-state index in [1.54, 1.807) is 25.7 Å². The van der Waals surface area contributed by atoms with E-state index in [4.69, 9.17) is 10.00 Å². The number of hydrogen-bond acceptors (Lipinski definition) is 5. The summed E-state index contributed by atoms with van der Waals surface area (Å²) >= 11 is 0. The Morgan fingerprint density at radius 1 is 1.50 bits per heavy atom. The summed E-state index contributed by atoms with van der Waals surface area (Å²) in [5.74, 6) is 0.535. The second-order valence-corrected chi connectivity index (χ2v) is 4.25. The smallest absolute Gasteiger partial charge is 0.213 e. The number of nitrogens with one attached hydrogen (secondary N) is 1. The molecule has 102 valence electrons. The molecule has 0 radical (unpaired) electrons. The standard InChI is InChI=1S/C14H14N4O2/c1-20-14-4-13-10(2-3-12(5-15)18-9-19)6-16-7-11(13)8-17-14/h4,6-9,12H,2-3H2,1H3,(H,18,19). The zero-order valence-corrected chi connectivity index (χ0v) is 11.0. The van der Waals surface area contributed by atoms with E-state index in [0.717, 1.165) is 16.3 Å². The van der Waals surface area contributed by atoms with Crippen molar-refractivity contribution in [3.63, 3.8) is 0 Å². The van der Waals surface area contributed by atoms with Gasteiger partial charge < -0.3 is 10.1 Å². The number of aryl methyl sites for hydroxylation is 1. The maximum Gasteiger partial charge on any atom is 0.213 e. The number of carbonyl (C=O) groups is 1. The van der Waals surface area contributed by atoms with E-state index in [0.29, 0.717) is 25.1 Å². The highest BCUT2D eigenvalue weighted by atomic mass is 16.5. The minimum atomic E-state index is -0.494. The molecule has 0 spiro atoms. The molecule has 20 heavy (non-hydrogen) atoms. The first kappa shape index (κ1) is 13.7. The molecule has 0 aromatic carbocycles. The van der Waals surface area contributed by atoms with Crippen molar-refractivity contribution >= 4 is 17.2 Å². The molecule has 0 saturated heterocycles. The van der Waals surface area contributed by atoms with Crippen molar-refractivity contribution in [3.8, 4) is 11.9 Å². The number of methoxy groups -OCH3 is 1. The van der Waals surface area contributed by atoms with Crippen LogP contribution in [0.2, 0.25) is 0 Å². The number of rotatable bonds is 6. The summed E-state index contributed by atoms with van der Waals surface area (Å²) in [5, 5.41) is 13.3. The summed E-state index contributed by atoms with van der Waals surface area (Å²) in [6, 6.07) is 3.40. The lowest BCUT2D eigenvalue weighted by Crippen LogP contribution is -2.26. The van der Waals surface area contributed by atoms with Crippen molar-refractivity contribution in [1.29, 1.82) is 5.26 Å². The van der Waals surface area contributed by atoms with Crippen molar-refractivity contribution in [2.24, 2.45) is 0 Å². The van der Waals surface area contributed by atoms with E-state index in [1.807, 2.05) is 12.1 Å². The maximum absolute atomic E-state index is 10.4. The fourth-order valence-electron chi connectivity index (χ4n) is 1.98. The fraction of sp³-hybridized carbons (Fsp3) is 0.286. The first-order chi connectivity index (χ1) is 9.78. The quantitative estimate of drug-likeness (QED) is 0.797. The van der Waals surface area contributed by atoms with Gasteiger partial charge in [-0.25, -0.2) is 4.98 Å². The maximum atomic E-state index is 10.4. The summed E-state index contributed by atoms with van der Waals surface area (Å²) < 4.78 is 5.12. The van der Waals surface area contributed by atoms with Crippen LogP contribution in [0.4, 0.5) is 0 Å². The molecule has 1 amide bonds. The molecule has 2 rings (SSSR count). The van der Waals surface area contributed by atoms with E-state index < -0.39 is 6.04 Å². The minimum Gasteiger partial charge on any atom is -0.481 e. The highest BCUT2D eigenvalue weighted by Gasteiger charge is 2.09. The van der Waals surface area contributed by atoms with Crippen LogP contribution in [0.5, 0.6) is 5.88 Å². The molecule has 1 atom stereocenters. The van der Waals surface area contributed by atoms with Gasteiger partial charge in [-0.05, 0) is 23.8 Å². The van der Waals surface area contributed by atoms with Gasteiger partial charge in [0.2, 0.25) is 12.3 Å². The van der Waals surface area contributed by atoms with E-state index in [2.05, 4.69) is 15.3 Å². The van der Waals surface area contributed by atoms with Crippen LogP contribution < -0.4 is 10.1 Å². The van der Waals surface area contributed by atoms with Crippen LogP contribution in [-0.2, 0) is 11.2 Å². The number of carbonyl (C=O) groups excluding carboxylic acids is 1. The van der Waals surface area contributed by atoms with Crippen LogP contribution >= 0.6 is 0 Å². The fourth-order valence-corrected chi connectivity index (χ4v) is 1.98. The third kappa shape index (κ3) is 3.01. The van der Waals surface area contributed by atoms with Gasteiger partial charge in [-0.15, -0.1) is 0 Å². The van der Waals surface area contributed by atoms with Crippen molar-refractivity contribution in [3.05, 3.63) is 30.2 Å². The van der Waals surface area contributed by atoms with Crippen LogP contribution in [-0.4, -0.2) is 29.5 Å². The first-order valence-corrected chi connectivity index (χ1v) is 6.14. The second-order valence-electron chi connectivity index (χ2n) is 4.25. The van der Waals surface area contributed by atoms with Gasteiger partial charge in [0.25, 0.3) is 0 Å². The number of nitrogens with zero attached hydrogens (tertiary/aromatic N) is 3. The molecular weight excluding hydrogens is 256 g/mol. The van der Waals surface area contributed by atoms with Gasteiger partial charge in [-0.3, -0.25) is 9.78 Å². The number of fused-ring (bicyclic) bond motifs is 1. The molecule has 1 unspecified atom stereocenters. The SMILES string of the molecule is COc1cc2c(CCC(C#N)NC=O)cncc2cn1. The zero-order chi connectivity index (χ0) is 14.4. The minimum absolute atomic E-state index is 0.494. The summed E-state index contributed by atoms with van der Waals surface area (Å²) in [6.07, 6.45) is 6.91. The predicted molar refractivity (Wildman–Crippen MR) is 73.0 cm³/mol. The van der Waals surface area contributed by atoms with Crippen LogP contribution in [0.3, 0.4) is 0 Å². The van der Waals surface area contributed by atoms with Crippen LogP contribution in [0.25, 0.3) is 10.8 Å². The van der Waals surface area contributed by atoms with Crippen LogP contribution in [0.15, 0.2) is 24.7 Å². The van der Waals surface area contributed by atoms with Crippen molar-refractivity contribution in [1.82, 2.24) is 15.3 Å². The van der Waals surface area contributed by atoms with E-state index in [1.165, 1.54) is 0 Å². The van der Waals surface area contributed by atoms with Crippen molar-refractivity contribution in [2.75, 3.05) is 7.11 Å². The second kappa shape index (κ2) is 6.48. The summed E-state index contributed by atoms with van der Waals surface area (Å²) in [7, 11) is 1.56. The Kier molecular flexibility index (Phi) is 4.45. The topological polar surface area (TPSA) is 87.9 Å². The lowest BCUT2D eigenvalue weighted by molar-refractivity contribution is -0.109. The number of hydrogen-bond donors (Lipinski definition) is 1. The Morgan fingerprint density at radius 3 is 3.05 bits per heavy atom. The number of aromatic nitrogens is 2. The largest absolute Gasteiger partial charge is 0.481 e. The van der Waals surface area contributed by atoms with Gasteiger partial charge in [0.05, 0.1) is 13.2 Å². The Morgan fingerprint density at radius 2 is 2.35 bits per heavy atom. The molecule has 2 aromatic rings. The van der Waals surface area contributed by atoms with E-state index in [9.17, 15) is 4.79 Å². The lowest BCUT2D eigenvalue weighted by Gasteiger charge is -2.10. The first-order valence-electron chi connectivity index (χ1n) is 6.14. The van der Waals surface area contributed by atoms with Crippen LogP contribution in [0, 0.1) is 11.3 Å². The third-order valence-corrected chi connectivity index (χ3v) is 3.04. The number of nitriles is 1. The summed E-state index contributed by atoms with van der Waals surface area (Å²) in [5.41, 5.74) is 0.996. The van der Waals surface area contributed by atoms with Crippen molar-refractivity contribution < 1.29 is 9.53 Å². The predicted octanol–water partition coefficient (Wildman–Crippen LogP) is 1.21. The average Bonchev–Trinajstić information content (AvgIpc) is 2.50. The number of amides is 1. The molecule has 0 saturated carbocycles. The Labute approximate surface area is 116 Å². The Balaban J connectivity index is 2.25. The van der Waals surface area contributed by atoms with Crippen LogP contribution in [0.1, 0.15) is 12.0 Å². The molecular formula is C14H14N4O2. The molecule has 6 nitrogen and oxygen atoms in total. The molecule has 0 aliphatic carbocycles. The molecule has 6 heteroatoms. The number of ether oxygens (including phenoxy) is 1. The molecule has 0 aliphatic heterocycles. The van der Waals surface area contributed by atoms with Gasteiger partial charge >= 0.3 is 0 Å². The highest BCUT2D eigenvalue weighted by Crippen LogP contribution is 2.22. The molecule has 2 aromatic heterocycles. The van der Waals surface area contributed by atoms with Gasteiger partial charge in [0.1, 0.15) is 6.04 Å². The highest BCUT2D eigenvalue weighted by molar-refractivity contribution is 5.84. The Hall–Kier alpha value is -2.68. The van der Waals surface area contributed by atoms with Crippen molar-refractivity contribution in [2.45, 2.75) is 18.9 Å². The van der Waals surface area contributed by atoms with E-state index in [-0.39, 0.29) is 0 Å². The molecule has 1 N–H and O–H groups in total. The molecule has 0 bridgehead atoms. The normalized spacial score (nSPS) is 11.6. The average molecular weight is 270 g/mol.